The van der Waals surface area contributed by atoms with Crippen LogP contribution in [0.3, 0.4) is 0 Å². The molecule has 2 rings (SSSR count). The van der Waals surface area contributed by atoms with Crippen LogP contribution in [0.2, 0.25) is 0 Å². The Morgan fingerprint density at radius 1 is 1.27 bits per heavy atom. The SMILES string of the molecule is SC(Cc1ccccc1)NCC1CCC1. The van der Waals surface area contributed by atoms with Gasteiger partial charge < -0.3 is 5.32 Å². The van der Waals surface area contributed by atoms with Crippen molar-refractivity contribution in [1.82, 2.24) is 5.32 Å². The average molecular weight is 221 g/mol. The van der Waals surface area contributed by atoms with Gasteiger partial charge in [0.15, 0.2) is 0 Å². The highest BCUT2D eigenvalue weighted by Gasteiger charge is 2.17. The van der Waals surface area contributed by atoms with E-state index in [4.69, 9.17) is 0 Å². The predicted octanol–water partition coefficient (Wildman–Crippen LogP) is 2.87. The third-order valence-electron chi connectivity index (χ3n) is 3.14. The van der Waals surface area contributed by atoms with E-state index >= 15 is 0 Å². The Labute approximate surface area is 97.7 Å². The Morgan fingerprint density at radius 3 is 2.60 bits per heavy atom. The largest absolute Gasteiger partial charge is 0.305 e. The predicted molar refractivity (Wildman–Crippen MR) is 68.3 cm³/mol. The lowest BCUT2D eigenvalue weighted by Crippen LogP contribution is -2.33. The summed E-state index contributed by atoms with van der Waals surface area (Å²) >= 11 is 4.57. The molecule has 0 spiro atoms. The van der Waals surface area contributed by atoms with Crippen LogP contribution in [0.15, 0.2) is 30.3 Å². The van der Waals surface area contributed by atoms with E-state index in [1.54, 1.807) is 0 Å². The summed E-state index contributed by atoms with van der Waals surface area (Å²) in [5, 5.41) is 3.80. The molecule has 0 saturated heterocycles. The maximum absolute atomic E-state index is 4.57. The van der Waals surface area contributed by atoms with Crippen molar-refractivity contribution >= 4 is 12.6 Å². The summed E-state index contributed by atoms with van der Waals surface area (Å²) in [4.78, 5) is 0. The van der Waals surface area contributed by atoms with Crippen molar-refractivity contribution in [3.63, 3.8) is 0 Å². The van der Waals surface area contributed by atoms with Gasteiger partial charge in [0, 0.05) is 0 Å². The summed E-state index contributed by atoms with van der Waals surface area (Å²) < 4.78 is 0. The zero-order valence-corrected chi connectivity index (χ0v) is 9.92. The van der Waals surface area contributed by atoms with Gasteiger partial charge in [0.2, 0.25) is 0 Å². The first-order valence-electron chi connectivity index (χ1n) is 5.80. The van der Waals surface area contributed by atoms with E-state index in [-0.39, 0.29) is 0 Å². The van der Waals surface area contributed by atoms with Crippen molar-refractivity contribution in [2.75, 3.05) is 6.54 Å². The summed E-state index contributed by atoms with van der Waals surface area (Å²) in [6.07, 6.45) is 5.23. The fourth-order valence-corrected chi connectivity index (χ4v) is 2.23. The molecule has 1 atom stereocenters. The van der Waals surface area contributed by atoms with Crippen molar-refractivity contribution in [2.24, 2.45) is 5.92 Å². The van der Waals surface area contributed by atoms with Crippen molar-refractivity contribution in [3.8, 4) is 0 Å². The fraction of sp³-hybridized carbons (Fsp3) is 0.538. The van der Waals surface area contributed by atoms with Crippen LogP contribution in [0.25, 0.3) is 0 Å². The Kier molecular flexibility index (Phi) is 4.09. The molecule has 0 bridgehead atoms. The Morgan fingerprint density at radius 2 is 2.00 bits per heavy atom. The lowest BCUT2D eigenvalue weighted by molar-refractivity contribution is 0.300. The van der Waals surface area contributed by atoms with Gasteiger partial charge in [-0.2, -0.15) is 12.6 Å². The molecule has 0 amide bonds. The second-order valence-electron chi connectivity index (χ2n) is 4.41. The summed E-state index contributed by atoms with van der Waals surface area (Å²) in [5.74, 6) is 0.912. The van der Waals surface area contributed by atoms with Crippen LogP contribution in [-0.4, -0.2) is 11.9 Å². The minimum Gasteiger partial charge on any atom is -0.305 e. The lowest BCUT2D eigenvalue weighted by atomic mass is 9.85. The molecule has 1 aromatic carbocycles. The summed E-state index contributed by atoms with van der Waals surface area (Å²) in [7, 11) is 0. The van der Waals surface area contributed by atoms with E-state index in [9.17, 15) is 0 Å². The third-order valence-corrected chi connectivity index (χ3v) is 3.50. The zero-order chi connectivity index (χ0) is 10.5. The number of hydrogen-bond acceptors (Lipinski definition) is 2. The van der Waals surface area contributed by atoms with E-state index < -0.39 is 0 Å². The molecule has 1 nitrogen and oxygen atoms in total. The van der Waals surface area contributed by atoms with Gasteiger partial charge in [0.1, 0.15) is 0 Å². The fourth-order valence-electron chi connectivity index (χ4n) is 1.91. The molecular formula is C13H19NS. The number of benzene rings is 1. The molecule has 1 aliphatic rings. The van der Waals surface area contributed by atoms with Crippen molar-refractivity contribution in [3.05, 3.63) is 35.9 Å². The van der Waals surface area contributed by atoms with Crippen LogP contribution in [0.4, 0.5) is 0 Å². The maximum atomic E-state index is 4.57. The highest BCUT2D eigenvalue weighted by Crippen LogP contribution is 2.25. The summed E-state index contributed by atoms with van der Waals surface area (Å²) in [6, 6.07) is 10.5. The van der Waals surface area contributed by atoms with Gasteiger partial charge in [-0.15, -0.1) is 0 Å². The van der Waals surface area contributed by atoms with Crippen LogP contribution in [0.5, 0.6) is 0 Å². The van der Waals surface area contributed by atoms with Gasteiger partial charge in [-0.25, -0.2) is 0 Å². The standard InChI is InChI=1S/C13H19NS/c15-13(14-10-12-7-4-8-12)9-11-5-2-1-3-6-11/h1-3,5-6,12-15H,4,7-10H2. The monoisotopic (exact) mass is 221 g/mol. The second kappa shape index (κ2) is 5.57. The van der Waals surface area contributed by atoms with E-state index in [0.29, 0.717) is 5.37 Å². The molecular weight excluding hydrogens is 202 g/mol. The molecule has 15 heavy (non-hydrogen) atoms. The Balaban J connectivity index is 1.69. The number of hydrogen-bond donors (Lipinski definition) is 2. The first kappa shape index (κ1) is 11.0. The van der Waals surface area contributed by atoms with Crippen LogP contribution < -0.4 is 5.32 Å². The first-order chi connectivity index (χ1) is 7.34. The normalized spacial score (nSPS) is 18.5. The van der Waals surface area contributed by atoms with E-state index in [1.807, 2.05) is 0 Å². The molecule has 1 aliphatic carbocycles. The second-order valence-corrected chi connectivity index (χ2v) is 5.03. The van der Waals surface area contributed by atoms with E-state index in [0.717, 1.165) is 18.9 Å². The Bertz CT molecular complexity index is 282. The average Bonchev–Trinajstić information content (AvgIpc) is 2.17. The molecule has 0 radical (unpaired) electrons. The summed E-state index contributed by atoms with van der Waals surface area (Å²) in [5.41, 5.74) is 1.36. The van der Waals surface area contributed by atoms with Crippen LogP contribution in [0.1, 0.15) is 24.8 Å². The topological polar surface area (TPSA) is 12.0 Å². The Hall–Kier alpha value is -0.470. The number of nitrogens with one attached hydrogen (secondary N) is 1. The molecule has 82 valence electrons. The van der Waals surface area contributed by atoms with Gasteiger partial charge in [0.25, 0.3) is 0 Å². The summed E-state index contributed by atoms with van der Waals surface area (Å²) in [6.45, 7) is 1.14. The van der Waals surface area contributed by atoms with Crippen molar-refractivity contribution in [1.29, 1.82) is 0 Å². The van der Waals surface area contributed by atoms with E-state index in [1.165, 1.54) is 24.8 Å². The van der Waals surface area contributed by atoms with Crippen molar-refractivity contribution < 1.29 is 0 Å². The molecule has 1 fully saturated rings. The number of rotatable bonds is 5. The van der Waals surface area contributed by atoms with Gasteiger partial charge in [-0.1, -0.05) is 36.8 Å². The zero-order valence-electron chi connectivity index (χ0n) is 9.02. The molecule has 0 aromatic heterocycles. The molecule has 1 unspecified atom stereocenters. The molecule has 2 heteroatoms. The van der Waals surface area contributed by atoms with Crippen LogP contribution >= 0.6 is 12.6 Å². The highest BCUT2D eigenvalue weighted by molar-refractivity contribution is 7.80. The lowest BCUT2D eigenvalue weighted by Gasteiger charge is -2.27. The minimum absolute atomic E-state index is 0.299. The molecule has 0 heterocycles. The molecule has 0 aliphatic heterocycles. The van der Waals surface area contributed by atoms with E-state index in [2.05, 4.69) is 48.3 Å². The minimum atomic E-state index is 0.299. The highest BCUT2D eigenvalue weighted by atomic mass is 32.1. The van der Waals surface area contributed by atoms with Crippen LogP contribution in [0, 0.1) is 5.92 Å². The first-order valence-corrected chi connectivity index (χ1v) is 6.31. The molecule has 1 saturated carbocycles. The smallest absolute Gasteiger partial charge is 0.0543 e. The van der Waals surface area contributed by atoms with Gasteiger partial charge in [0.05, 0.1) is 5.37 Å². The third kappa shape index (κ3) is 3.54. The van der Waals surface area contributed by atoms with Crippen molar-refractivity contribution in [2.45, 2.75) is 31.1 Å². The molecule has 1 N–H and O–H groups in total. The van der Waals surface area contributed by atoms with Crippen LogP contribution in [-0.2, 0) is 6.42 Å². The number of thiol groups is 1. The molecule has 1 aromatic rings. The maximum Gasteiger partial charge on any atom is 0.0543 e. The van der Waals surface area contributed by atoms with Gasteiger partial charge in [-0.3, -0.25) is 0 Å². The quantitative estimate of drug-likeness (QED) is 0.575. The van der Waals surface area contributed by atoms with Gasteiger partial charge in [-0.05, 0) is 37.3 Å². The van der Waals surface area contributed by atoms with Gasteiger partial charge >= 0.3 is 0 Å².